The Labute approximate surface area is 299 Å². The second kappa shape index (κ2) is 35.2. The molecule has 282 valence electrons. The van der Waals surface area contributed by atoms with Crippen LogP contribution in [-0.4, -0.2) is 50.2 Å². The van der Waals surface area contributed by atoms with E-state index in [-0.39, 0.29) is 30.4 Å². The van der Waals surface area contributed by atoms with E-state index in [1.165, 1.54) is 116 Å². The fourth-order valence-electron chi connectivity index (χ4n) is 6.05. The maximum absolute atomic E-state index is 12.8. The predicted octanol–water partition coefficient (Wildman–Crippen LogP) is 12.6. The van der Waals surface area contributed by atoms with Crippen LogP contribution in [-0.2, 0) is 19.1 Å². The Kier molecular flexibility index (Phi) is 34.0. The lowest BCUT2D eigenvalue weighted by molar-refractivity contribution is -0.164. The highest BCUT2D eigenvalue weighted by Crippen LogP contribution is 2.17. The van der Waals surface area contributed by atoms with Crippen molar-refractivity contribution in [3.63, 3.8) is 0 Å². The molecule has 0 aliphatic heterocycles. The summed E-state index contributed by atoms with van der Waals surface area (Å²) >= 11 is 0. The van der Waals surface area contributed by atoms with Crippen molar-refractivity contribution in [2.24, 2.45) is 11.8 Å². The van der Waals surface area contributed by atoms with E-state index in [9.17, 15) is 9.59 Å². The molecule has 0 aromatic carbocycles. The molecule has 0 radical (unpaired) electrons. The van der Waals surface area contributed by atoms with Crippen LogP contribution in [0.25, 0.3) is 0 Å². The maximum Gasteiger partial charge on any atom is 0.309 e. The van der Waals surface area contributed by atoms with E-state index in [2.05, 4.69) is 38.2 Å². The summed E-state index contributed by atoms with van der Waals surface area (Å²) in [5.74, 6) is -0.636. The number of hydrogen-bond donors (Lipinski definition) is 0. The number of carbonyl (C=O) groups excluding carboxylic acids is 2. The van der Waals surface area contributed by atoms with Gasteiger partial charge >= 0.3 is 11.9 Å². The van der Waals surface area contributed by atoms with Crippen LogP contribution < -0.4 is 0 Å². The lowest BCUT2D eigenvalue weighted by Crippen LogP contribution is -2.36. The zero-order chi connectivity index (χ0) is 35.5. The second-order valence-corrected chi connectivity index (χ2v) is 14.8. The SMILES string of the molecule is CCCCCCCC/C=C\CCCCCCC(C)C(=O)OCC(CN(C)C)OC(=O)C(C)CCCCCC/C=C\CCCCCCCC. The van der Waals surface area contributed by atoms with Crippen LogP contribution in [0.3, 0.4) is 0 Å². The quantitative estimate of drug-likeness (QED) is 0.0380. The summed E-state index contributed by atoms with van der Waals surface area (Å²) in [4.78, 5) is 27.5. The first-order valence-corrected chi connectivity index (χ1v) is 20.6. The third-order valence-electron chi connectivity index (χ3n) is 9.37. The predicted molar refractivity (Wildman–Crippen MR) is 207 cm³/mol. The normalized spacial score (nSPS) is 13.8. The summed E-state index contributed by atoms with van der Waals surface area (Å²) in [7, 11) is 3.90. The molecule has 0 rings (SSSR count). The van der Waals surface area contributed by atoms with E-state index in [0.29, 0.717) is 6.54 Å². The highest BCUT2D eigenvalue weighted by molar-refractivity contribution is 5.73. The molecule has 0 spiro atoms. The molecule has 0 heterocycles. The van der Waals surface area contributed by atoms with Gasteiger partial charge in [0.15, 0.2) is 0 Å². The van der Waals surface area contributed by atoms with Crippen molar-refractivity contribution in [1.29, 1.82) is 0 Å². The maximum atomic E-state index is 12.8. The van der Waals surface area contributed by atoms with Gasteiger partial charge < -0.3 is 14.4 Å². The van der Waals surface area contributed by atoms with Crippen LogP contribution in [0.15, 0.2) is 24.3 Å². The molecular weight excluding hydrogens is 594 g/mol. The minimum atomic E-state index is -0.441. The lowest BCUT2D eigenvalue weighted by atomic mass is 10.0. The van der Waals surface area contributed by atoms with Gasteiger partial charge in [-0.3, -0.25) is 9.59 Å². The van der Waals surface area contributed by atoms with Gasteiger partial charge in [-0.15, -0.1) is 0 Å². The zero-order valence-corrected chi connectivity index (χ0v) is 32.9. The van der Waals surface area contributed by atoms with Crippen molar-refractivity contribution in [1.82, 2.24) is 4.90 Å². The van der Waals surface area contributed by atoms with Gasteiger partial charge in [0.1, 0.15) is 12.7 Å². The van der Waals surface area contributed by atoms with Crippen LogP contribution in [0.4, 0.5) is 0 Å². The molecule has 0 N–H and O–H groups in total. The number of likely N-dealkylation sites (N-methyl/N-ethyl adjacent to an activating group) is 1. The Morgan fingerprint density at radius 2 is 0.875 bits per heavy atom. The van der Waals surface area contributed by atoms with Crippen LogP contribution >= 0.6 is 0 Å². The summed E-state index contributed by atoms with van der Waals surface area (Å²) < 4.78 is 11.5. The molecule has 3 unspecified atom stereocenters. The van der Waals surface area contributed by atoms with Crippen molar-refractivity contribution < 1.29 is 19.1 Å². The standard InChI is InChI=1S/C43H81NO4/c1-7-9-11-13-15-17-19-21-23-25-27-29-31-33-35-39(3)42(45)47-38-41(37-44(5)6)48-43(46)40(4)36-34-32-30-28-26-24-22-20-18-16-14-12-10-8-2/h21-24,39-41H,7-20,25-38H2,1-6H3/b23-21-,24-22-. The molecule has 0 aromatic heterocycles. The van der Waals surface area contributed by atoms with Crippen molar-refractivity contribution in [2.75, 3.05) is 27.2 Å². The Balaban J connectivity index is 4.03. The van der Waals surface area contributed by atoms with Crippen molar-refractivity contribution in [3.8, 4) is 0 Å². The Morgan fingerprint density at radius 3 is 1.27 bits per heavy atom. The number of nitrogens with zero attached hydrogens (tertiary/aromatic N) is 1. The molecule has 0 aliphatic carbocycles. The van der Waals surface area contributed by atoms with E-state index in [0.717, 1.165) is 51.4 Å². The Morgan fingerprint density at radius 1 is 0.521 bits per heavy atom. The number of allylic oxidation sites excluding steroid dienone is 4. The van der Waals surface area contributed by atoms with E-state index >= 15 is 0 Å². The molecule has 3 atom stereocenters. The van der Waals surface area contributed by atoms with E-state index in [4.69, 9.17) is 9.47 Å². The Bertz CT molecular complexity index is 777. The highest BCUT2D eigenvalue weighted by Gasteiger charge is 2.23. The minimum Gasteiger partial charge on any atom is -0.461 e. The molecule has 0 bridgehead atoms. The molecule has 0 amide bonds. The van der Waals surface area contributed by atoms with Gasteiger partial charge in [-0.1, -0.05) is 155 Å². The molecule has 5 nitrogen and oxygen atoms in total. The summed E-state index contributed by atoms with van der Waals surface area (Å²) in [6.45, 7) is 9.11. The van der Waals surface area contributed by atoms with Crippen LogP contribution in [0.2, 0.25) is 0 Å². The zero-order valence-electron chi connectivity index (χ0n) is 32.9. The first-order valence-electron chi connectivity index (χ1n) is 20.6. The van der Waals surface area contributed by atoms with Gasteiger partial charge in [0.05, 0.1) is 11.8 Å². The summed E-state index contributed by atoms with van der Waals surface area (Å²) in [5, 5.41) is 0. The summed E-state index contributed by atoms with van der Waals surface area (Å²) in [6, 6.07) is 0. The number of ether oxygens (including phenoxy) is 2. The van der Waals surface area contributed by atoms with Crippen molar-refractivity contribution in [2.45, 2.75) is 201 Å². The average Bonchev–Trinajstić information content (AvgIpc) is 3.06. The molecule has 0 saturated heterocycles. The third kappa shape index (κ3) is 31.6. The first kappa shape index (κ1) is 46.4. The van der Waals surface area contributed by atoms with E-state index < -0.39 is 6.10 Å². The molecule has 0 aromatic rings. The topological polar surface area (TPSA) is 55.8 Å². The van der Waals surface area contributed by atoms with Crippen molar-refractivity contribution >= 4 is 11.9 Å². The molecule has 5 heteroatoms. The largest absolute Gasteiger partial charge is 0.461 e. The second-order valence-electron chi connectivity index (χ2n) is 14.8. The van der Waals surface area contributed by atoms with Crippen LogP contribution in [0.1, 0.15) is 195 Å². The van der Waals surface area contributed by atoms with Gasteiger partial charge in [0.2, 0.25) is 0 Å². The van der Waals surface area contributed by atoms with Crippen LogP contribution in [0, 0.1) is 11.8 Å². The highest BCUT2D eigenvalue weighted by atomic mass is 16.6. The monoisotopic (exact) mass is 676 g/mol. The van der Waals surface area contributed by atoms with Gasteiger partial charge in [-0.2, -0.15) is 0 Å². The van der Waals surface area contributed by atoms with Crippen LogP contribution in [0.5, 0.6) is 0 Å². The molecule has 48 heavy (non-hydrogen) atoms. The Hall–Kier alpha value is -1.62. The third-order valence-corrected chi connectivity index (χ3v) is 9.37. The van der Waals surface area contributed by atoms with Gasteiger partial charge in [-0.05, 0) is 78.3 Å². The van der Waals surface area contributed by atoms with Gasteiger partial charge in [0, 0.05) is 6.54 Å². The number of hydrogen-bond acceptors (Lipinski definition) is 5. The number of esters is 2. The van der Waals surface area contributed by atoms with Crippen molar-refractivity contribution in [3.05, 3.63) is 24.3 Å². The fourth-order valence-corrected chi connectivity index (χ4v) is 6.05. The van der Waals surface area contributed by atoms with Gasteiger partial charge in [0.25, 0.3) is 0 Å². The number of unbranched alkanes of at least 4 members (excludes halogenated alkanes) is 20. The number of carbonyl (C=O) groups is 2. The smallest absolute Gasteiger partial charge is 0.309 e. The lowest BCUT2D eigenvalue weighted by Gasteiger charge is -2.23. The summed E-state index contributed by atoms with van der Waals surface area (Å²) in [6.07, 6.45) is 41.0. The summed E-state index contributed by atoms with van der Waals surface area (Å²) in [5.41, 5.74) is 0. The first-order chi connectivity index (χ1) is 23.3. The van der Waals surface area contributed by atoms with E-state index in [1.807, 2.05) is 32.8 Å². The molecule has 0 saturated carbocycles. The van der Waals surface area contributed by atoms with E-state index in [1.54, 1.807) is 0 Å². The minimum absolute atomic E-state index is 0.122. The fraction of sp³-hybridized carbons (Fsp3) is 0.860. The average molecular weight is 676 g/mol. The number of rotatable bonds is 35. The van der Waals surface area contributed by atoms with Gasteiger partial charge in [-0.25, -0.2) is 0 Å². The molecular formula is C43H81NO4. The molecule has 0 fully saturated rings. The molecule has 0 aliphatic rings.